The number of aromatic nitrogens is 1. The average molecular weight is 361 g/mol. The molecule has 22 heavy (non-hydrogen) atoms. The number of anilines is 1. The summed E-state index contributed by atoms with van der Waals surface area (Å²) in [6, 6.07) is 13.0. The van der Waals surface area contributed by atoms with Crippen LogP contribution in [-0.4, -0.2) is 10.9 Å². The molecule has 0 unspecified atom stereocenters. The van der Waals surface area contributed by atoms with E-state index < -0.39 is 5.91 Å². The quantitative estimate of drug-likeness (QED) is 0.748. The van der Waals surface area contributed by atoms with Crippen molar-refractivity contribution in [2.45, 2.75) is 0 Å². The van der Waals surface area contributed by atoms with Gasteiger partial charge in [-0.1, -0.05) is 12.1 Å². The van der Waals surface area contributed by atoms with E-state index in [9.17, 15) is 9.18 Å². The van der Waals surface area contributed by atoms with Crippen molar-refractivity contribution in [3.8, 4) is 11.3 Å². The molecule has 1 aromatic heterocycles. The first kappa shape index (κ1) is 14.5. The number of amides is 1. The standard InChI is InChI=1S/C16H10BrFN2O2/c17-12-3-1-2-4-13(12)20-15(21)16-19-9-14(22-16)10-5-7-11(18)8-6-10/h1-9H,(H,20,21). The van der Waals surface area contributed by atoms with Crippen LogP contribution in [0.15, 0.2) is 63.6 Å². The maximum atomic E-state index is 12.9. The topological polar surface area (TPSA) is 55.1 Å². The molecule has 0 aliphatic rings. The molecule has 0 saturated heterocycles. The first-order valence-electron chi connectivity index (χ1n) is 6.41. The zero-order valence-electron chi connectivity index (χ0n) is 11.2. The molecule has 0 radical (unpaired) electrons. The first-order valence-corrected chi connectivity index (χ1v) is 7.20. The number of para-hydroxylation sites is 1. The molecule has 0 aliphatic heterocycles. The Labute approximate surface area is 134 Å². The zero-order valence-corrected chi connectivity index (χ0v) is 12.8. The summed E-state index contributed by atoms with van der Waals surface area (Å²) in [5.74, 6) is -0.456. The molecule has 110 valence electrons. The predicted molar refractivity (Wildman–Crippen MR) is 84.0 cm³/mol. The Bertz CT molecular complexity index is 815. The van der Waals surface area contributed by atoms with Crippen LogP contribution >= 0.6 is 15.9 Å². The SMILES string of the molecule is O=C(Nc1ccccc1Br)c1ncc(-c2ccc(F)cc2)o1. The number of benzene rings is 2. The number of nitrogens with one attached hydrogen (secondary N) is 1. The molecular formula is C16H10BrFN2O2. The Kier molecular flexibility index (Phi) is 4.02. The Morgan fingerprint density at radius 3 is 2.59 bits per heavy atom. The summed E-state index contributed by atoms with van der Waals surface area (Å²) in [5, 5.41) is 2.70. The summed E-state index contributed by atoms with van der Waals surface area (Å²) in [7, 11) is 0. The third kappa shape index (κ3) is 3.07. The van der Waals surface area contributed by atoms with Crippen molar-refractivity contribution in [1.82, 2.24) is 4.98 Å². The number of hydrogen-bond acceptors (Lipinski definition) is 3. The first-order chi connectivity index (χ1) is 10.6. The van der Waals surface area contributed by atoms with E-state index in [0.29, 0.717) is 17.0 Å². The van der Waals surface area contributed by atoms with E-state index in [-0.39, 0.29) is 11.7 Å². The van der Waals surface area contributed by atoms with Gasteiger partial charge in [0.05, 0.1) is 11.9 Å². The molecule has 0 bridgehead atoms. The van der Waals surface area contributed by atoms with Crippen molar-refractivity contribution in [3.05, 3.63) is 70.9 Å². The Morgan fingerprint density at radius 2 is 1.86 bits per heavy atom. The zero-order chi connectivity index (χ0) is 15.5. The molecule has 1 amide bonds. The fraction of sp³-hybridized carbons (Fsp3) is 0. The second kappa shape index (κ2) is 6.11. The Morgan fingerprint density at radius 1 is 1.14 bits per heavy atom. The highest BCUT2D eigenvalue weighted by Gasteiger charge is 2.15. The van der Waals surface area contributed by atoms with Crippen LogP contribution in [0.5, 0.6) is 0 Å². The van der Waals surface area contributed by atoms with Gasteiger partial charge < -0.3 is 9.73 Å². The largest absolute Gasteiger partial charge is 0.432 e. The van der Waals surface area contributed by atoms with Crippen LogP contribution in [0, 0.1) is 5.82 Å². The van der Waals surface area contributed by atoms with Gasteiger partial charge in [0.15, 0.2) is 5.76 Å². The summed E-state index contributed by atoms with van der Waals surface area (Å²) in [6.07, 6.45) is 1.43. The number of hydrogen-bond donors (Lipinski definition) is 1. The second-order valence-corrected chi connectivity index (χ2v) is 5.32. The van der Waals surface area contributed by atoms with Crippen LogP contribution in [0.2, 0.25) is 0 Å². The molecule has 4 nitrogen and oxygen atoms in total. The number of halogens is 2. The van der Waals surface area contributed by atoms with Gasteiger partial charge in [-0.25, -0.2) is 9.37 Å². The molecular weight excluding hydrogens is 351 g/mol. The highest BCUT2D eigenvalue weighted by atomic mass is 79.9. The van der Waals surface area contributed by atoms with E-state index in [1.54, 1.807) is 24.3 Å². The second-order valence-electron chi connectivity index (χ2n) is 4.47. The maximum Gasteiger partial charge on any atom is 0.311 e. The lowest BCUT2D eigenvalue weighted by molar-refractivity contribution is 0.0991. The summed E-state index contributed by atoms with van der Waals surface area (Å²) in [6.45, 7) is 0. The minimum absolute atomic E-state index is 0.0601. The van der Waals surface area contributed by atoms with Crippen LogP contribution < -0.4 is 5.32 Å². The van der Waals surface area contributed by atoms with Crippen LogP contribution in [0.25, 0.3) is 11.3 Å². The molecule has 3 rings (SSSR count). The van der Waals surface area contributed by atoms with Crippen LogP contribution in [-0.2, 0) is 0 Å². The van der Waals surface area contributed by atoms with Gasteiger partial charge in [-0.05, 0) is 52.3 Å². The van der Waals surface area contributed by atoms with Crippen molar-refractivity contribution in [2.24, 2.45) is 0 Å². The highest BCUT2D eigenvalue weighted by molar-refractivity contribution is 9.10. The van der Waals surface area contributed by atoms with Gasteiger partial charge in [-0.2, -0.15) is 0 Å². The molecule has 0 atom stereocenters. The molecule has 6 heteroatoms. The molecule has 3 aromatic rings. The minimum atomic E-state index is -0.458. The van der Waals surface area contributed by atoms with Crippen LogP contribution in [0.4, 0.5) is 10.1 Å². The van der Waals surface area contributed by atoms with Gasteiger partial charge in [0.2, 0.25) is 0 Å². The summed E-state index contributed by atoms with van der Waals surface area (Å²) < 4.78 is 19.1. The maximum absolute atomic E-state index is 12.9. The van der Waals surface area contributed by atoms with E-state index in [2.05, 4.69) is 26.2 Å². The molecule has 1 N–H and O–H groups in total. The number of oxazole rings is 1. The van der Waals surface area contributed by atoms with Crippen molar-refractivity contribution in [3.63, 3.8) is 0 Å². The van der Waals surface area contributed by atoms with E-state index in [4.69, 9.17) is 4.42 Å². The third-order valence-electron chi connectivity index (χ3n) is 2.95. The highest BCUT2D eigenvalue weighted by Crippen LogP contribution is 2.23. The van der Waals surface area contributed by atoms with Crippen LogP contribution in [0.1, 0.15) is 10.7 Å². The Balaban J connectivity index is 1.80. The molecule has 0 saturated carbocycles. The van der Waals surface area contributed by atoms with Crippen molar-refractivity contribution in [2.75, 3.05) is 5.32 Å². The molecule has 0 spiro atoms. The lowest BCUT2D eigenvalue weighted by Gasteiger charge is -2.04. The fourth-order valence-electron chi connectivity index (χ4n) is 1.87. The van der Waals surface area contributed by atoms with Crippen molar-refractivity contribution < 1.29 is 13.6 Å². The van der Waals surface area contributed by atoms with E-state index in [0.717, 1.165) is 4.47 Å². The molecule has 0 aliphatic carbocycles. The monoisotopic (exact) mass is 360 g/mol. The number of carbonyl (C=O) groups is 1. The number of rotatable bonds is 3. The Hall–Kier alpha value is -2.47. The van der Waals surface area contributed by atoms with Gasteiger partial charge in [-0.15, -0.1) is 0 Å². The predicted octanol–water partition coefficient (Wildman–Crippen LogP) is 4.50. The van der Waals surface area contributed by atoms with Gasteiger partial charge in [-0.3, -0.25) is 4.79 Å². The number of nitrogens with zero attached hydrogens (tertiary/aromatic N) is 1. The molecule has 2 aromatic carbocycles. The van der Waals surface area contributed by atoms with E-state index in [1.807, 2.05) is 12.1 Å². The molecule has 0 fully saturated rings. The normalized spacial score (nSPS) is 10.5. The summed E-state index contributed by atoms with van der Waals surface area (Å²) >= 11 is 3.34. The van der Waals surface area contributed by atoms with Gasteiger partial charge in [0.25, 0.3) is 5.89 Å². The summed E-state index contributed by atoms with van der Waals surface area (Å²) in [5.41, 5.74) is 1.27. The minimum Gasteiger partial charge on any atom is -0.432 e. The fourth-order valence-corrected chi connectivity index (χ4v) is 2.25. The summed E-state index contributed by atoms with van der Waals surface area (Å²) in [4.78, 5) is 16.1. The lowest BCUT2D eigenvalue weighted by atomic mass is 10.2. The van der Waals surface area contributed by atoms with Gasteiger partial charge in [0.1, 0.15) is 5.82 Å². The molecule has 1 heterocycles. The van der Waals surface area contributed by atoms with Gasteiger partial charge >= 0.3 is 5.91 Å². The number of carbonyl (C=O) groups excluding carboxylic acids is 1. The third-order valence-corrected chi connectivity index (χ3v) is 3.64. The lowest BCUT2D eigenvalue weighted by Crippen LogP contribution is -2.12. The van der Waals surface area contributed by atoms with E-state index >= 15 is 0 Å². The average Bonchev–Trinajstić information content (AvgIpc) is 3.00. The van der Waals surface area contributed by atoms with Crippen molar-refractivity contribution >= 4 is 27.5 Å². The van der Waals surface area contributed by atoms with Crippen LogP contribution in [0.3, 0.4) is 0 Å². The van der Waals surface area contributed by atoms with E-state index in [1.165, 1.54) is 18.3 Å². The van der Waals surface area contributed by atoms with Crippen molar-refractivity contribution in [1.29, 1.82) is 0 Å². The van der Waals surface area contributed by atoms with Gasteiger partial charge in [0, 0.05) is 10.0 Å². The smallest absolute Gasteiger partial charge is 0.311 e.